The zero-order valence-corrected chi connectivity index (χ0v) is 14.3. The largest absolute Gasteiger partial charge is 0.349 e. The molecule has 1 atom stereocenters. The third-order valence-corrected chi connectivity index (χ3v) is 4.44. The molecular formula is C17H16FN5OS. The van der Waals surface area contributed by atoms with Crippen LogP contribution >= 0.6 is 11.8 Å². The summed E-state index contributed by atoms with van der Waals surface area (Å²) in [5.74, 6) is -0.270. The molecular weight excluding hydrogens is 341 g/mol. The lowest BCUT2D eigenvalue weighted by Gasteiger charge is -2.14. The molecule has 0 spiro atoms. The summed E-state index contributed by atoms with van der Waals surface area (Å²) in [6.45, 7) is 1.85. The Morgan fingerprint density at radius 2 is 1.92 bits per heavy atom. The molecule has 1 N–H and O–H groups in total. The molecule has 0 radical (unpaired) electrons. The summed E-state index contributed by atoms with van der Waals surface area (Å²) in [4.78, 5) is 12.2. The van der Waals surface area contributed by atoms with Crippen molar-refractivity contribution in [1.82, 2.24) is 25.5 Å². The monoisotopic (exact) mass is 357 g/mol. The summed E-state index contributed by atoms with van der Waals surface area (Å²) in [5, 5.41) is 15.0. The second-order valence-electron chi connectivity index (χ2n) is 5.34. The Labute approximate surface area is 148 Å². The lowest BCUT2D eigenvalue weighted by molar-refractivity contribution is -0.119. The van der Waals surface area contributed by atoms with E-state index >= 15 is 0 Å². The van der Waals surface area contributed by atoms with Gasteiger partial charge in [-0.05, 0) is 47.2 Å². The Bertz CT molecular complexity index is 838. The molecule has 0 fully saturated rings. The van der Waals surface area contributed by atoms with Gasteiger partial charge < -0.3 is 5.32 Å². The highest BCUT2D eigenvalue weighted by Crippen LogP contribution is 2.18. The van der Waals surface area contributed by atoms with Crippen LogP contribution in [0.2, 0.25) is 0 Å². The van der Waals surface area contributed by atoms with Crippen LogP contribution in [0.15, 0.2) is 59.8 Å². The fourth-order valence-electron chi connectivity index (χ4n) is 2.25. The maximum absolute atomic E-state index is 13.0. The van der Waals surface area contributed by atoms with E-state index in [0.29, 0.717) is 5.16 Å². The lowest BCUT2D eigenvalue weighted by Crippen LogP contribution is -2.28. The number of carbonyl (C=O) groups excluding carboxylic acids is 1. The van der Waals surface area contributed by atoms with Crippen molar-refractivity contribution in [1.29, 1.82) is 0 Å². The molecule has 1 amide bonds. The maximum atomic E-state index is 13.0. The normalized spacial score (nSPS) is 11.9. The van der Waals surface area contributed by atoms with Crippen LogP contribution in [0.4, 0.5) is 4.39 Å². The summed E-state index contributed by atoms with van der Waals surface area (Å²) >= 11 is 1.25. The topological polar surface area (TPSA) is 72.7 Å². The van der Waals surface area contributed by atoms with E-state index in [1.165, 1.54) is 23.9 Å². The smallest absolute Gasteiger partial charge is 0.230 e. The number of nitrogens with one attached hydrogen (secondary N) is 1. The Balaban J connectivity index is 1.58. The van der Waals surface area contributed by atoms with Gasteiger partial charge in [-0.1, -0.05) is 42.1 Å². The van der Waals surface area contributed by atoms with Crippen molar-refractivity contribution in [3.63, 3.8) is 0 Å². The number of hydrogen-bond donors (Lipinski definition) is 1. The number of thioether (sulfide) groups is 1. The number of amides is 1. The van der Waals surface area contributed by atoms with Crippen molar-refractivity contribution in [2.45, 2.75) is 18.1 Å². The summed E-state index contributed by atoms with van der Waals surface area (Å²) in [5.41, 5.74) is 1.67. The Hall–Kier alpha value is -2.74. The van der Waals surface area contributed by atoms with Crippen LogP contribution in [0.3, 0.4) is 0 Å². The second kappa shape index (κ2) is 7.89. The van der Waals surface area contributed by atoms with Crippen molar-refractivity contribution in [2.75, 3.05) is 5.75 Å². The number of rotatable bonds is 6. The predicted octanol–water partition coefficient (Wildman–Crippen LogP) is 2.77. The van der Waals surface area contributed by atoms with E-state index in [-0.39, 0.29) is 23.5 Å². The molecule has 0 saturated heterocycles. The van der Waals surface area contributed by atoms with Gasteiger partial charge in [-0.15, -0.1) is 5.10 Å². The highest BCUT2D eigenvalue weighted by molar-refractivity contribution is 7.99. The molecule has 3 aromatic rings. The van der Waals surface area contributed by atoms with E-state index in [4.69, 9.17) is 0 Å². The average molecular weight is 357 g/mol. The van der Waals surface area contributed by atoms with Crippen LogP contribution < -0.4 is 5.32 Å². The van der Waals surface area contributed by atoms with E-state index < -0.39 is 0 Å². The zero-order chi connectivity index (χ0) is 17.6. The first-order chi connectivity index (χ1) is 12.1. The van der Waals surface area contributed by atoms with Gasteiger partial charge in [0.1, 0.15) is 5.82 Å². The van der Waals surface area contributed by atoms with Gasteiger partial charge in [-0.3, -0.25) is 4.79 Å². The fraction of sp³-hybridized carbons (Fsp3) is 0.176. The molecule has 0 bridgehead atoms. The molecule has 0 aliphatic carbocycles. The van der Waals surface area contributed by atoms with E-state index in [0.717, 1.165) is 11.3 Å². The first-order valence-electron chi connectivity index (χ1n) is 7.65. The van der Waals surface area contributed by atoms with Gasteiger partial charge in [-0.25, -0.2) is 4.39 Å². The van der Waals surface area contributed by atoms with Crippen LogP contribution in [0, 0.1) is 5.82 Å². The molecule has 6 nitrogen and oxygen atoms in total. The van der Waals surface area contributed by atoms with Crippen molar-refractivity contribution >= 4 is 17.7 Å². The molecule has 0 saturated carbocycles. The number of tetrazole rings is 1. The van der Waals surface area contributed by atoms with Crippen molar-refractivity contribution in [3.8, 4) is 5.69 Å². The number of carbonyl (C=O) groups is 1. The van der Waals surface area contributed by atoms with Crippen LogP contribution in [0.1, 0.15) is 18.5 Å². The minimum Gasteiger partial charge on any atom is -0.349 e. The number of nitrogens with zero attached hydrogens (tertiary/aromatic N) is 4. The molecule has 0 aliphatic rings. The third kappa shape index (κ3) is 4.42. The summed E-state index contributed by atoms with van der Waals surface area (Å²) in [6.07, 6.45) is 0. The first kappa shape index (κ1) is 17.1. The van der Waals surface area contributed by atoms with E-state index in [2.05, 4.69) is 20.8 Å². The van der Waals surface area contributed by atoms with Gasteiger partial charge in [0.2, 0.25) is 11.1 Å². The summed E-state index contributed by atoms with van der Waals surface area (Å²) < 4.78 is 14.5. The van der Waals surface area contributed by atoms with E-state index in [1.807, 2.05) is 37.3 Å². The van der Waals surface area contributed by atoms with Crippen molar-refractivity contribution < 1.29 is 9.18 Å². The molecule has 3 rings (SSSR count). The summed E-state index contributed by atoms with van der Waals surface area (Å²) in [7, 11) is 0. The van der Waals surface area contributed by atoms with Crippen LogP contribution in [-0.2, 0) is 4.79 Å². The van der Waals surface area contributed by atoms with Gasteiger partial charge in [0.05, 0.1) is 17.5 Å². The standard InChI is InChI=1S/C17H16FN5OS/c1-12(13-7-9-14(18)10-8-13)19-16(24)11-25-17-20-21-22-23(17)15-5-3-2-4-6-15/h2-10,12H,11H2,1H3,(H,19,24)/t12-/m1/s1. The van der Waals surface area contributed by atoms with Gasteiger partial charge in [-0.2, -0.15) is 4.68 Å². The van der Waals surface area contributed by atoms with Crippen LogP contribution in [0.5, 0.6) is 0 Å². The SMILES string of the molecule is C[C@@H](NC(=O)CSc1nnnn1-c1ccccc1)c1ccc(F)cc1. The zero-order valence-electron chi connectivity index (χ0n) is 13.5. The van der Waals surface area contributed by atoms with Gasteiger partial charge in [0, 0.05) is 0 Å². The Morgan fingerprint density at radius 1 is 1.20 bits per heavy atom. The molecule has 25 heavy (non-hydrogen) atoms. The maximum Gasteiger partial charge on any atom is 0.230 e. The number of para-hydroxylation sites is 1. The predicted molar refractivity (Wildman–Crippen MR) is 92.8 cm³/mol. The molecule has 8 heteroatoms. The van der Waals surface area contributed by atoms with Crippen LogP contribution in [-0.4, -0.2) is 31.9 Å². The summed E-state index contributed by atoms with van der Waals surface area (Å²) in [6, 6.07) is 15.3. The van der Waals surface area contributed by atoms with Gasteiger partial charge in [0.15, 0.2) is 0 Å². The molecule has 2 aromatic carbocycles. The van der Waals surface area contributed by atoms with E-state index in [9.17, 15) is 9.18 Å². The highest BCUT2D eigenvalue weighted by Gasteiger charge is 2.13. The molecule has 0 unspecified atom stereocenters. The molecule has 128 valence electrons. The number of aromatic nitrogens is 4. The van der Waals surface area contributed by atoms with Gasteiger partial charge >= 0.3 is 0 Å². The van der Waals surface area contributed by atoms with E-state index in [1.54, 1.807) is 16.8 Å². The molecule has 1 heterocycles. The third-order valence-electron chi connectivity index (χ3n) is 3.52. The molecule has 0 aliphatic heterocycles. The van der Waals surface area contributed by atoms with Crippen molar-refractivity contribution in [2.24, 2.45) is 0 Å². The van der Waals surface area contributed by atoms with Gasteiger partial charge in [0.25, 0.3) is 0 Å². The quantitative estimate of drug-likeness (QED) is 0.687. The van der Waals surface area contributed by atoms with Crippen molar-refractivity contribution in [3.05, 3.63) is 66.0 Å². The average Bonchev–Trinajstić information content (AvgIpc) is 3.10. The number of hydrogen-bond acceptors (Lipinski definition) is 5. The minimum absolute atomic E-state index is 0.149. The number of benzene rings is 2. The number of halogens is 1. The minimum atomic E-state index is -0.300. The fourth-order valence-corrected chi connectivity index (χ4v) is 2.95. The first-order valence-corrected chi connectivity index (χ1v) is 8.63. The Kier molecular flexibility index (Phi) is 5.39. The molecule has 1 aromatic heterocycles. The van der Waals surface area contributed by atoms with Crippen LogP contribution in [0.25, 0.3) is 5.69 Å². The highest BCUT2D eigenvalue weighted by atomic mass is 32.2. The Morgan fingerprint density at radius 3 is 2.64 bits per heavy atom. The lowest BCUT2D eigenvalue weighted by atomic mass is 10.1. The second-order valence-corrected chi connectivity index (χ2v) is 6.28.